The van der Waals surface area contributed by atoms with E-state index in [0.29, 0.717) is 12.0 Å². The molecule has 3 rings (SSSR count). The molecule has 2 aliphatic rings. The van der Waals surface area contributed by atoms with Crippen LogP contribution in [-0.2, 0) is 16.0 Å². The van der Waals surface area contributed by atoms with Gasteiger partial charge in [0.15, 0.2) is 0 Å². The first-order chi connectivity index (χ1) is 10.4. The third kappa shape index (κ3) is 4.23. The maximum absolute atomic E-state index is 5.60. The molecule has 3 heterocycles. The third-order valence-electron chi connectivity index (χ3n) is 4.41. The summed E-state index contributed by atoms with van der Waals surface area (Å²) in [5.74, 6) is 0.638. The highest BCUT2D eigenvalue weighted by molar-refractivity contribution is 5.03. The molecule has 1 aromatic rings. The molecule has 2 fully saturated rings. The minimum Gasteiger partial charge on any atom is -0.381 e. The molecule has 0 bridgehead atoms. The van der Waals surface area contributed by atoms with Gasteiger partial charge in [0, 0.05) is 50.9 Å². The summed E-state index contributed by atoms with van der Waals surface area (Å²) < 4.78 is 11.1. The highest BCUT2D eigenvalue weighted by Gasteiger charge is 2.31. The summed E-state index contributed by atoms with van der Waals surface area (Å²) in [6, 6.07) is 6.60. The van der Waals surface area contributed by atoms with Crippen LogP contribution >= 0.6 is 0 Å². The van der Waals surface area contributed by atoms with Crippen LogP contribution in [0.15, 0.2) is 24.4 Å². The van der Waals surface area contributed by atoms with E-state index in [1.165, 1.54) is 6.42 Å². The molecule has 2 atom stereocenters. The first-order valence-corrected chi connectivity index (χ1v) is 7.93. The normalized spacial score (nSPS) is 25.0. The summed E-state index contributed by atoms with van der Waals surface area (Å²) in [4.78, 5) is 6.93. The lowest BCUT2D eigenvalue weighted by atomic mass is 9.97. The first-order valence-electron chi connectivity index (χ1n) is 7.93. The summed E-state index contributed by atoms with van der Waals surface area (Å²) in [5.41, 5.74) is 1.10. The van der Waals surface area contributed by atoms with Gasteiger partial charge in [-0.3, -0.25) is 9.88 Å². The van der Waals surface area contributed by atoms with E-state index in [1.54, 1.807) is 0 Å². The molecule has 0 spiro atoms. The predicted molar refractivity (Wildman–Crippen MR) is 81.0 cm³/mol. The van der Waals surface area contributed by atoms with Gasteiger partial charge >= 0.3 is 0 Å². The number of nitrogens with zero attached hydrogens (tertiary/aromatic N) is 2. The number of morpholine rings is 1. The average Bonchev–Trinajstić information content (AvgIpc) is 3.07. The van der Waals surface area contributed by atoms with Crippen molar-refractivity contribution in [3.8, 4) is 0 Å². The maximum Gasteiger partial charge on any atom is 0.0594 e. The number of pyridine rings is 1. The van der Waals surface area contributed by atoms with Gasteiger partial charge in [-0.1, -0.05) is 6.07 Å². The molecule has 5 nitrogen and oxygen atoms in total. The zero-order chi connectivity index (χ0) is 14.3. The molecule has 2 saturated heterocycles. The summed E-state index contributed by atoms with van der Waals surface area (Å²) >= 11 is 0. The predicted octanol–water partition coefficient (Wildman–Crippen LogP) is 0.908. The van der Waals surface area contributed by atoms with E-state index in [1.807, 2.05) is 18.3 Å². The topological polar surface area (TPSA) is 46.6 Å². The van der Waals surface area contributed by atoms with Crippen molar-refractivity contribution in [1.82, 2.24) is 15.2 Å². The second-order valence-electron chi connectivity index (χ2n) is 5.79. The molecule has 116 valence electrons. The Morgan fingerprint density at radius 2 is 2.14 bits per heavy atom. The molecular weight excluding hydrogens is 266 g/mol. The van der Waals surface area contributed by atoms with Crippen LogP contribution < -0.4 is 5.32 Å². The summed E-state index contributed by atoms with van der Waals surface area (Å²) in [5, 5.41) is 3.58. The van der Waals surface area contributed by atoms with E-state index in [0.717, 1.165) is 58.3 Å². The standard InChI is InChI=1S/C16H25N3O2/c1-2-5-18-15(3-1)11-17-12-16(14-4-8-21-13-14)19-6-9-20-10-7-19/h1-3,5,14,16-17H,4,6-13H2/t14-,16+/m1/s1. The van der Waals surface area contributed by atoms with Crippen molar-refractivity contribution >= 4 is 0 Å². The lowest BCUT2D eigenvalue weighted by Gasteiger charge is -2.37. The van der Waals surface area contributed by atoms with Crippen LogP contribution in [0.5, 0.6) is 0 Å². The first kappa shape index (κ1) is 14.9. The van der Waals surface area contributed by atoms with Crippen LogP contribution in [0.25, 0.3) is 0 Å². The Kier molecular flexibility index (Phi) is 5.57. The van der Waals surface area contributed by atoms with Crippen molar-refractivity contribution in [2.45, 2.75) is 19.0 Å². The SMILES string of the molecule is c1ccc(CNC[C@@H]([C@@H]2CCOC2)N2CCOCC2)nc1. The minimum absolute atomic E-state index is 0.542. The van der Waals surface area contributed by atoms with Gasteiger partial charge in [0.25, 0.3) is 0 Å². The Morgan fingerprint density at radius 1 is 1.24 bits per heavy atom. The molecule has 1 N–H and O–H groups in total. The minimum atomic E-state index is 0.542. The molecular formula is C16H25N3O2. The second-order valence-corrected chi connectivity index (χ2v) is 5.79. The van der Waals surface area contributed by atoms with Crippen LogP contribution in [0.1, 0.15) is 12.1 Å². The van der Waals surface area contributed by atoms with Crippen molar-refractivity contribution in [3.63, 3.8) is 0 Å². The molecule has 0 aromatic carbocycles. The van der Waals surface area contributed by atoms with Crippen molar-refractivity contribution < 1.29 is 9.47 Å². The van der Waals surface area contributed by atoms with Crippen molar-refractivity contribution in [2.24, 2.45) is 5.92 Å². The van der Waals surface area contributed by atoms with Crippen LogP contribution in [0.2, 0.25) is 0 Å². The largest absolute Gasteiger partial charge is 0.381 e. The van der Waals surface area contributed by atoms with Crippen LogP contribution in [0.3, 0.4) is 0 Å². The molecule has 21 heavy (non-hydrogen) atoms. The van der Waals surface area contributed by atoms with E-state index in [9.17, 15) is 0 Å². The molecule has 2 aliphatic heterocycles. The number of hydrogen-bond donors (Lipinski definition) is 1. The zero-order valence-corrected chi connectivity index (χ0v) is 12.5. The number of ether oxygens (including phenoxy) is 2. The number of nitrogens with one attached hydrogen (secondary N) is 1. The molecule has 5 heteroatoms. The van der Waals surface area contributed by atoms with Crippen molar-refractivity contribution in [2.75, 3.05) is 46.1 Å². The van der Waals surface area contributed by atoms with Gasteiger partial charge in [-0.2, -0.15) is 0 Å². The highest BCUT2D eigenvalue weighted by Crippen LogP contribution is 2.21. The van der Waals surface area contributed by atoms with E-state index in [4.69, 9.17) is 9.47 Å². The van der Waals surface area contributed by atoms with Crippen LogP contribution in [-0.4, -0.2) is 62.0 Å². The van der Waals surface area contributed by atoms with Gasteiger partial charge in [-0.25, -0.2) is 0 Å². The molecule has 0 amide bonds. The molecule has 0 aliphatic carbocycles. The van der Waals surface area contributed by atoms with Crippen molar-refractivity contribution in [3.05, 3.63) is 30.1 Å². The Bertz CT molecular complexity index is 403. The smallest absolute Gasteiger partial charge is 0.0594 e. The average molecular weight is 291 g/mol. The molecule has 0 radical (unpaired) electrons. The van der Waals surface area contributed by atoms with Crippen LogP contribution in [0, 0.1) is 5.92 Å². The Hall–Kier alpha value is -1.01. The Labute approximate surface area is 126 Å². The quantitative estimate of drug-likeness (QED) is 0.844. The zero-order valence-electron chi connectivity index (χ0n) is 12.5. The summed E-state index contributed by atoms with van der Waals surface area (Å²) in [6.45, 7) is 7.40. The Morgan fingerprint density at radius 3 is 2.86 bits per heavy atom. The van der Waals surface area contributed by atoms with Gasteiger partial charge in [0.1, 0.15) is 0 Å². The molecule has 0 saturated carbocycles. The van der Waals surface area contributed by atoms with E-state index in [2.05, 4.69) is 21.3 Å². The summed E-state index contributed by atoms with van der Waals surface area (Å²) in [6.07, 6.45) is 3.02. The van der Waals surface area contributed by atoms with Crippen LogP contribution in [0.4, 0.5) is 0 Å². The fourth-order valence-corrected chi connectivity index (χ4v) is 3.21. The number of hydrogen-bond acceptors (Lipinski definition) is 5. The lowest BCUT2D eigenvalue weighted by molar-refractivity contribution is 0.00135. The van der Waals surface area contributed by atoms with E-state index >= 15 is 0 Å². The molecule has 0 unspecified atom stereocenters. The fourth-order valence-electron chi connectivity index (χ4n) is 3.21. The lowest BCUT2D eigenvalue weighted by Crippen LogP contribution is -2.51. The number of rotatable bonds is 6. The van der Waals surface area contributed by atoms with Gasteiger partial charge in [0.2, 0.25) is 0 Å². The second kappa shape index (κ2) is 7.84. The van der Waals surface area contributed by atoms with Crippen molar-refractivity contribution in [1.29, 1.82) is 0 Å². The van der Waals surface area contributed by atoms with Gasteiger partial charge in [0.05, 0.1) is 25.5 Å². The maximum atomic E-state index is 5.60. The fraction of sp³-hybridized carbons (Fsp3) is 0.688. The van der Waals surface area contributed by atoms with Gasteiger partial charge in [-0.05, 0) is 18.6 Å². The van der Waals surface area contributed by atoms with Gasteiger partial charge < -0.3 is 14.8 Å². The monoisotopic (exact) mass is 291 g/mol. The highest BCUT2D eigenvalue weighted by atomic mass is 16.5. The van der Waals surface area contributed by atoms with E-state index in [-0.39, 0.29) is 0 Å². The van der Waals surface area contributed by atoms with E-state index < -0.39 is 0 Å². The third-order valence-corrected chi connectivity index (χ3v) is 4.41. The number of aromatic nitrogens is 1. The van der Waals surface area contributed by atoms with Gasteiger partial charge in [-0.15, -0.1) is 0 Å². The summed E-state index contributed by atoms with van der Waals surface area (Å²) in [7, 11) is 0. The molecule has 1 aromatic heterocycles. The Balaban J connectivity index is 1.53.